The number of amides is 1. The van der Waals surface area contributed by atoms with Gasteiger partial charge in [-0.3, -0.25) is 4.79 Å². The predicted octanol–water partition coefficient (Wildman–Crippen LogP) is 1.10. The lowest BCUT2D eigenvalue weighted by Crippen LogP contribution is -2.49. The molecule has 5 nitrogen and oxygen atoms in total. The van der Waals surface area contributed by atoms with Crippen molar-refractivity contribution in [3.8, 4) is 0 Å². The average molecular weight is 307 g/mol. The van der Waals surface area contributed by atoms with Crippen molar-refractivity contribution in [3.63, 3.8) is 0 Å². The zero-order valence-corrected chi connectivity index (χ0v) is 12.8. The topological polar surface area (TPSA) is 82.7 Å². The molecule has 2 atom stereocenters. The van der Waals surface area contributed by atoms with Gasteiger partial charge in [0.25, 0.3) is 0 Å². The Kier molecular flexibility index (Phi) is 4.98. The van der Waals surface area contributed by atoms with Crippen LogP contribution in [0, 0.1) is 6.92 Å². The third kappa shape index (κ3) is 3.61. The first-order valence-corrected chi connectivity index (χ1v) is 7.22. The van der Waals surface area contributed by atoms with Crippen LogP contribution in [-0.2, 0) is 11.2 Å². The monoisotopic (exact) mass is 307 g/mol. The first-order valence-electron chi connectivity index (χ1n) is 6.70. The van der Waals surface area contributed by atoms with Gasteiger partial charge < -0.3 is 19.8 Å². The molecule has 21 heavy (non-hydrogen) atoms. The Morgan fingerprint density at radius 3 is 2.81 bits per heavy atom. The highest BCUT2D eigenvalue weighted by Gasteiger charge is 2.27. The second-order valence-electron chi connectivity index (χ2n) is 5.12. The van der Waals surface area contributed by atoms with Crippen LogP contribution in [0.5, 0.6) is 0 Å². The lowest BCUT2D eigenvalue weighted by molar-refractivity contribution is -0.120. The lowest BCUT2D eigenvalue weighted by atomic mass is 9.76. The summed E-state index contributed by atoms with van der Waals surface area (Å²) in [6, 6.07) is 5.76. The Morgan fingerprint density at radius 1 is 1.48 bits per heavy atom. The molecule has 2 aromatic rings. The standard InChI is InChI=1S/C14H18BNO4S/c1-8-4-3-5-11-10(7-20-13(8)11)6-12(15(18)19)16-14(17)9(2)21/h3-5,7,9,12,18-19,21H,6H2,1-2H3,(H,16,17)/t9?,12-/m0/s1. The molecule has 0 saturated carbocycles. The molecule has 1 heterocycles. The molecule has 0 radical (unpaired) electrons. The van der Waals surface area contributed by atoms with Gasteiger partial charge in [-0.1, -0.05) is 18.2 Å². The summed E-state index contributed by atoms with van der Waals surface area (Å²) in [6.45, 7) is 3.56. The van der Waals surface area contributed by atoms with Crippen molar-refractivity contribution >= 4 is 36.6 Å². The van der Waals surface area contributed by atoms with Gasteiger partial charge >= 0.3 is 7.12 Å². The molecule has 0 bridgehead atoms. The molecule has 3 N–H and O–H groups in total. The number of aryl methyl sites for hydroxylation is 1. The zero-order valence-electron chi connectivity index (χ0n) is 11.9. The van der Waals surface area contributed by atoms with E-state index in [-0.39, 0.29) is 12.3 Å². The molecule has 1 aromatic carbocycles. The minimum absolute atomic E-state index is 0.264. The van der Waals surface area contributed by atoms with Crippen molar-refractivity contribution in [2.24, 2.45) is 0 Å². The van der Waals surface area contributed by atoms with Gasteiger partial charge in [-0.2, -0.15) is 12.6 Å². The van der Waals surface area contributed by atoms with Gasteiger partial charge in [-0.05, 0) is 31.4 Å². The van der Waals surface area contributed by atoms with Gasteiger partial charge in [0, 0.05) is 5.39 Å². The second-order valence-corrected chi connectivity index (χ2v) is 5.90. The number of hydrogen-bond donors (Lipinski definition) is 4. The fourth-order valence-corrected chi connectivity index (χ4v) is 2.26. The van der Waals surface area contributed by atoms with Crippen LogP contribution in [0.15, 0.2) is 28.9 Å². The Balaban J connectivity index is 2.23. The number of para-hydroxylation sites is 1. The Hall–Kier alpha value is -1.44. The van der Waals surface area contributed by atoms with Crippen molar-refractivity contribution in [1.82, 2.24) is 5.32 Å². The molecule has 0 spiro atoms. The fraction of sp³-hybridized carbons (Fsp3) is 0.357. The summed E-state index contributed by atoms with van der Waals surface area (Å²) >= 11 is 4.03. The van der Waals surface area contributed by atoms with Crippen molar-refractivity contribution in [1.29, 1.82) is 0 Å². The van der Waals surface area contributed by atoms with Crippen LogP contribution in [-0.4, -0.2) is 34.3 Å². The van der Waals surface area contributed by atoms with Crippen molar-refractivity contribution in [3.05, 3.63) is 35.6 Å². The average Bonchev–Trinajstić information content (AvgIpc) is 2.82. The normalized spacial score (nSPS) is 14.0. The number of rotatable bonds is 5. The van der Waals surface area contributed by atoms with Gasteiger partial charge in [0.15, 0.2) is 0 Å². The minimum atomic E-state index is -1.66. The van der Waals surface area contributed by atoms with E-state index in [0.29, 0.717) is 0 Å². The summed E-state index contributed by atoms with van der Waals surface area (Å²) in [5.41, 5.74) is 2.60. The number of thiol groups is 1. The third-order valence-electron chi connectivity index (χ3n) is 3.38. The molecule has 1 aromatic heterocycles. The molecule has 112 valence electrons. The van der Waals surface area contributed by atoms with Crippen molar-refractivity contribution < 1.29 is 19.3 Å². The third-order valence-corrected chi connectivity index (χ3v) is 3.62. The Morgan fingerprint density at radius 2 is 2.19 bits per heavy atom. The van der Waals surface area contributed by atoms with Gasteiger partial charge in [-0.25, -0.2) is 0 Å². The molecule has 0 aliphatic carbocycles. The van der Waals surface area contributed by atoms with E-state index in [0.717, 1.165) is 22.1 Å². The maximum Gasteiger partial charge on any atom is 0.475 e. The summed E-state index contributed by atoms with van der Waals surface area (Å²) in [7, 11) is -1.66. The second kappa shape index (κ2) is 6.55. The van der Waals surface area contributed by atoms with E-state index >= 15 is 0 Å². The van der Waals surface area contributed by atoms with E-state index < -0.39 is 18.3 Å². The van der Waals surface area contributed by atoms with E-state index in [4.69, 9.17) is 4.42 Å². The van der Waals surface area contributed by atoms with Crippen LogP contribution >= 0.6 is 12.6 Å². The number of carbonyl (C=O) groups excluding carboxylic acids is 1. The maximum atomic E-state index is 11.7. The predicted molar refractivity (Wildman–Crippen MR) is 85.2 cm³/mol. The number of fused-ring (bicyclic) bond motifs is 1. The smallest absolute Gasteiger partial charge is 0.464 e. The van der Waals surface area contributed by atoms with Crippen molar-refractivity contribution in [2.45, 2.75) is 31.5 Å². The summed E-state index contributed by atoms with van der Waals surface area (Å²) in [5, 5.41) is 21.9. The van der Waals surface area contributed by atoms with E-state index in [1.54, 1.807) is 13.2 Å². The van der Waals surface area contributed by atoms with Crippen LogP contribution < -0.4 is 5.32 Å². The van der Waals surface area contributed by atoms with Gasteiger partial charge in [-0.15, -0.1) is 0 Å². The Labute approximate surface area is 128 Å². The fourth-order valence-electron chi connectivity index (χ4n) is 2.18. The van der Waals surface area contributed by atoms with Crippen LogP contribution in [0.4, 0.5) is 0 Å². The van der Waals surface area contributed by atoms with E-state index in [1.807, 2.05) is 25.1 Å². The molecule has 2 rings (SSSR count). The van der Waals surface area contributed by atoms with Crippen LogP contribution in [0.25, 0.3) is 11.0 Å². The molecular weight excluding hydrogens is 289 g/mol. The summed E-state index contributed by atoms with van der Waals surface area (Å²) in [5.74, 6) is -1.16. The van der Waals surface area contributed by atoms with Gasteiger partial charge in [0.2, 0.25) is 5.91 Å². The summed E-state index contributed by atoms with van der Waals surface area (Å²) in [4.78, 5) is 11.7. The molecular formula is C14H18BNO4S. The van der Waals surface area contributed by atoms with E-state index in [9.17, 15) is 14.8 Å². The number of hydrogen-bond acceptors (Lipinski definition) is 5. The highest BCUT2D eigenvalue weighted by Crippen LogP contribution is 2.25. The first-order chi connectivity index (χ1) is 9.90. The molecule has 0 fully saturated rings. The van der Waals surface area contributed by atoms with Crippen molar-refractivity contribution in [2.75, 3.05) is 0 Å². The largest absolute Gasteiger partial charge is 0.475 e. The zero-order chi connectivity index (χ0) is 15.6. The molecule has 7 heteroatoms. The quantitative estimate of drug-likeness (QED) is 0.492. The van der Waals surface area contributed by atoms with Gasteiger partial charge in [0.05, 0.1) is 17.5 Å². The maximum absolute atomic E-state index is 11.7. The van der Waals surface area contributed by atoms with Crippen LogP contribution in [0.3, 0.4) is 0 Å². The highest BCUT2D eigenvalue weighted by molar-refractivity contribution is 7.81. The first kappa shape index (κ1) is 15.9. The number of carbonyl (C=O) groups is 1. The molecule has 0 aliphatic heterocycles. The van der Waals surface area contributed by atoms with Crippen LogP contribution in [0.1, 0.15) is 18.1 Å². The van der Waals surface area contributed by atoms with E-state index in [2.05, 4.69) is 17.9 Å². The highest BCUT2D eigenvalue weighted by atomic mass is 32.1. The van der Waals surface area contributed by atoms with Gasteiger partial charge in [0.1, 0.15) is 5.58 Å². The van der Waals surface area contributed by atoms with Crippen LogP contribution in [0.2, 0.25) is 0 Å². The minimum Gasteiger partial charge on any atom is -0.464 e. The lowest BCUT2D eigenvalue weighted by Gasteiger charge is -2.18. The number of furan rings is 1. The molecule has 0 saturated heterocycles. The molecule has 0 aliphatic rings. The Bertz CT molecular complexity index is 641. The number of nitrogens with one attached hydrogen (secondary N) is 1. The number of benzene rings is 1. The summed E-state index contributed by atoms with van der Waals surface area (Å²) < 4.78 is 5.52. The summed E-state index contributed by atoms with van der Waals surface area (Å²) in [6.07, 6.45) is 1.85. The molecule has 1 unspecified atom stereocenters. The SMILES string of the molecule is Cc1cccc2c(C[C@H](NC(=O)C(C)S)B(O)O)coc12. The van der Waals surface area contributed by atoms with E-state index in [1.165, 1.54) is 0 Å². The molecule has 1 amide bonds.